The van der Waals surface area contributed by atoms with Gasteiger partial charge in [-0.05, 0) is 43.9 Å². The Morgan fingerprint density at radius 2 is 1.94 bits per heavy atom. The molecule has 1 aliphatic carbocycles. The summed E-state index contributed by atoms with van der Waals surface area (Å²) < 4.78 is 25.3. The van der Waals surface area contributed by atoms with Gasteiger partial charge in [-0.2, -0.15) is 0 Å². The van der Waals surface area contributed by atoms with Crippen LogP contribution in [0.2, 0.25) is 0 Å². The van der Waals surface area contributed by atoms with E-state index in [1.165, 1.54) is 38.8 Å². The fraction of sp³-hybridized carbons (Fsp3) is 1.00. The smallest absolute Gasteiger partial charge is 0.211 e. The van der Waals surface area contributed by atoms with Crippen LogP contribution in [0.1, 0.15) is 32.6 Å². The van der Waals surface area contributed by atoms with Crippen LogP contribution in [0, 0.1) is 11.3 Å². The van der Waals surface area contributed by atoms with Gasteiger partial charge in [0.15, 0.2) is 0 Å². The molecule has 1 saturated carbocycles. The van der Waals surface area contributed by atoms with Gasteiger partial charge in [0.1, 0.15) is 0 Å². The molecule has 0 amide bonds. The maximum Gasteiger partial charge on any atom is 0.211 e. The number of hydrogen-bond donors (Lipinski definition) is 2. The summed E-state index contributed by atoms with van der Waals surface area (Å²) in [6.45, 7) is 4.65. The lowest BCUT2D eigenvalue weighted by Crippen LogP contribution is -2.55. The molecule has 0 aromatic heterocycles. The third-order valence-corrected chi connectivity index (χ3v) is 5.50. The summed E-state index contributed by atoms with van der Waals surface area (Å²) in [5.74, 6) is 0.737. The van der Waals surface area contributed by atoms with E-state index < -0.39 is 10.0 Å². The average Bonchev–Trinajstić information content (AvgIpc) is 2.25. The van der Waals surface area contributed by atoms with Crippen LogP contribution in [0.5, 0.6) is 0 Å². The fourth-order valence-electron chi connectivity index (χ4n) is 2.67. The van der Waals surface area contributed by atoms with Crippen LogP contribution in [0.3, 0.4) is 0 Å². The molecule has 1 spiro atoms. The molecule has 2 fully saturated rings. The molecule has 1 saturated heterocycles. The van der Waals surface area contributed by atoms with Crippen molar-refractivity contribution in [2.75, 3.05) is 25.4 Å². The standard InChI is InChI=1S/C11H22N2O2S/c1-2-16(14,15)13-7-10-3-5-11(6-4-10)8-12-9-11/h10,12-13H,2-9H2,1H3. The molecule has 0 aromatic carbocycles. The van der Waals surface area contributed by atoms with Gasteiger partial charge in [-0.1, -0.05) is 0 Å². The Labute approximate surface area is 98.2 Å². The molecule has 4 nitrogen and oxygen atoms in total. The molecular weight excluding hydrogens is 224 g/mol. The molecule has 1 aliphatic heterocycles. The van der Waals surface area contributed by atoms with E-state index in [1.54, 1.807) is 6.92 Å². The van der Waals surface area contributed by atoms with Gasteiger partial charge in [-0.15, -0.1) is 0 Å². The van der Waals surface area contributed by atoms with E-state index in [4.69, 9.17) is 0 Å². The van der Waals surface area contributed by atoms with Crippen LogP contribution in [0.25, 0.3) is 0 Å². The predicted octanol–water partition coefficient (Wildman–Crippen LogP) is 0.705. The molecule has 94 valence electrons. The third-order valence-electron chi connectivity index (χ3n) is 4.14. The molecule has 2 N–H and O–H groups in total. The lowest BCUT2D eigenvalue weighted by Gasteiger charge is -2.47. The molecule has 0 atom stereocenters. The van der Waals surface area contributed by atoms with Crippen molar-refractivity contribution in [3.8, 4) is 0 Å². The van der Waals surface area contributed by atoms with E-state index >= 15 is 0 Å². The minimum atomic E-state index is -3.00. The largest absolute Gasteiger partial charge is 0.316 e. The minimum Gasteiger partial charge on any atom is -0.316 e. The molecule has 0 bridgehead atoms. The second-order valence-electron chi connectivity index (χ2n) is 5.30. The van der Waals surface area contributed by atoms with Crippen molar-refractivity contribution in [1.82, 2.24) is 10.0 Å². The summed E-state index contributed by atoms with van der Waals surface area (Å²) in [4.78, 5) is 0. The van der Waals surface area contributed by atoms with Gasteiger partial charge in [-0.3, -0.25) is 0 Å². The normalized spacial score (nSPS) is 25.6. The van der Waals surface area contributed by atoms with Gasteiger partial charge in [0.05, 0.1) is 5.75 Å². The van der Waals surface area contributed by atoms with Gasteiger partial charge in [0.25, 0.3) is 0 Å². The maximum absolute atomic E-state index is 11.3. The van der Waals surface area contributed by atoms with Crippen molar-refractivity contribution < 1.29 is 8.42 Å². The van der Waals surface area contributed by atoms with E-state index in [1.807, 2.05) is 0 Å². The molecule has 5 heteroatoms. The Morgan fingerprint density at radius 3 is 2.38 bits per heavy atom. The zero-order valence-electron chi connectivity index (χ0n) is 9.96. The molecule has 0 radical (unpaired) electrons. The Morgan fingerprint density at radius 1 is 1.31 bits per heavy atom. The molecular formula is C11H22N2O2S. The number of nitrogens with one attached hydrogen (secondary N) is 2. The van der Waals surface area contributed by atoms with Crippen LogP contribution in [-0.2, 0) is 10.0 Å². The van der Waals surface area contributed by atoms with Gasteiger partial charge < -0.3 is 5.32 Å². The quantitative estimate of drug-likeness (QED) is 0.768. The van der Waals surface area contributed by atoms with Crippen molar-refractivity contribution >= 4 is 10.0 Å². The molecule has 16 heavy (non-hydrogen) atoms. The lowest BCUT2D eigenvalue weighted by atomic mass is 9.67. The van der Waals surface area contributed by atoms with Gasteiger partial charge in [0, 0.05) is 19.6 Å². The highest BCUT2D eigenvalue weighted by Gasteiger charge is 2.39. The van der Waals surface area contributed by atoms with Crippen molar-refractivity contribution in [1.29, 1.82) is 0 Å². The number of rotatable bonds is 4. The monoisotopic (exact) mass is 246 g/mol. The zero-order chi connectivity index (χ0) is 11.6. The SMILES string of the molecule is CCS(=O)(=O)NCC1CCC2(CC1)CNC2. The van der Waals surface area contributed by atoms with Crippen molar-refractivity contribution in [3.63, 3.8) is 0 Å². The fourth-order valence-corrected chi connectivity index (χ4v) is 3.37. The highest BCUT2D eigenvalue weighted by atomic mass is 32.2. The highest BCUT2D eigenvalue weighted by Crippen LogP contribution is 2.41. The highest BCUT2D eigenvalue weighted by molar-refractivity contribution is 7.89. The second-order valence-corrected chi connectivity index (χ2v) is 7.39. The molecule has 2 aliphatic rings. The van der Waals surface area contributed by atoms with Crippen LogP contribution in [0.4, 0.5) is 0 Å². The van der Waals surface area contributed by atoms with Crippen LogP contribution >= 0.6 is 0 Å². The second kappa shape index (κ2) is 4.63. The Hall–Kier alpha value is -0.130. The Bertz CT molecular complexity index is 326. The van der Waals surface area contributed by atoms with Gasteiger partial charge in [0.2, 0.25) is 10.0 Å². The van der Waals surface area contributed by atoms with E-state index in [2.05, 4.69) is 10.0 Å². The van der Waals surface area contributed by atoms with Crippen LogP contribution < -0.4 is 10.0 Å². The third kappa shape index (κ3) is 2.76. The maximum atomic E-state index is 11.3. The topological polar surface area (TPSA) is 58.2 Å². The number of sulfonamides is 1. The van der Waals surface area contributed by atoms with Crippen LogP contribution in [0.15, 0.2) is 0 Å². The molecule has 0 aromatic rings. The van der Waals surface area contributed by atoms with E-state index in [-0.39, 0.29) is 5.75 Å². The first-order valence-corrected chi connectivity index (χ1v) is 7.89. The first-order chi connectivity index (χ1) is 7.55. The zero-order valence-corrected chi connectivity index (χ0v) is 10.8. The van der Waals surface area contributed by atoms with Gasteiger partial charge in [-0.25, -0.2) is 13.1 Å². The van der Waals surface area contributed by atoms with E-state index in [0.717, 1.165) is 0 Å². The molecule has 1 heterocycles. The van der Waals surface area contributed by atoms with Crippen molar-refractivity contribution in [3.05, 3.63) is 0 Å². The number of hydrogen-bond acceptors (Lipinski definition) is 3. The first kappa shape index (κ1) is 12.3. The lowest BCUT2D eigenvalue weighted by molar-refractivity contribution is 0.0829. The van der Waals surface area contributed by atoms with E-state index in [9.17, 15) is 8.42 Å². The molecule has 0 unspecified atom stereocenters. The van der Waals surface area contributed by atoms with Crippen molar-refractivity contribution in [2.24, 2.45) is 11.3 Å². The summed E-state index contributed by atoms with van der Waals surface area (Å²) >= 11 is 0. The van der Waals surface area contributed by atoms with E-state index in [0.29, 0.717) is 17.9 Å². The molecule has 2 rings (SSSR count). The van der Waals surface area contributed by atoms with Crippen molar-refractivity contribution in [2.45, 2.75) is 32.6 Å². The minimum absolute atomic E-state index is 0.188. The summed E-state index contributed by atoms with van der Waals surface area (Å²) in [7, 11) is -3.00. The Balaban J connectivity index is 1.73. The van der Waals surface area contributed by atoms with Gasteiger partial charge >= 0.3 is 0 Å². The Kier molecular flexibility index (Phi) is 3.56. The summed E-state index contributed by atoms with van der Waals surface area (Å²) in [5, 5.41) is 3.34. The summed E-state index contributed by atoms with van der Waals surface area (Å²) in [5.41, 5.74) is 0.570. The van der Waals surface area contributed by atoms with Crippen LogP contribution in [-0.4, -0.2) is 33.8 Å². The first-order valence-electron chi connectivity index (χ1n) is 6.23. The predicted molar refractivity (Wildman–Crippen MR) is 64.7 cm³/mol. The average molecular weight is 246 g/mol. The summed E-state index contributed by atoms with van der Waals surface area (Å²) in [6.07, 6.45) is 4.87. The summed E-state index contributed by atoms with van der Waals surface area (Å²) in [6, 6.07) is 0.